The van der Waals surface area contributed by atoms with Gasteiger partial charge in [-0.3, -0.25) is 9.59 Å². The van der Waals surface area contributed by atoms with Gasteiger partial charge < -0.3 is 15.0 Å². The quantitative estimate of drug-likeness (QED) is 0.522. The van der Waals surface area contributed by atoms with Gasteiger partial charge in [0.05, 0.1) is 11.5 Å². The number of nitrogens with one attached hydrogen (secondary N) is 1. The molecule has 1 aromatic heterocycles. The second-order valence-corrected chi connectivity index (χ2v) is 8.16. The van der Waals surface area contributed by atoms with Gasteiger partial charge in [-0.1, -0.05) is 25.5 Å². The normalized spacial score (nSPS) is 12.5. The lowest BCUT2D eigenvalue weighted by atomic mass is 10.1. The molecule has 0 unspecified atom stereocenters. The van der Waals surface area contributed by atoms with Gasteiger partial charge in [0.15, 0.2) is 0 Å². The zero-order chi connectivity index (χ0) is 20.9. The highest BCUT2D eigenvalue weighted by molar-refractivity contribution is 7.12. The monoisotopic (exact) mass is 420 g/mol. The van der Waals surface area contributed by atoms with Gasteiger partial charge >= 0.3 is 0 Å². The molecule has 0 saturated heterocycles. The van der Waals surface area contributed by atoms with E-state index in [-0.39, 0.29) is 11.8 Å². The van der Waals surface area contributed by atoms with Crippen LogP contribution in [0.25, 0.3) is 0 Å². The minimum absolute atomic E-state index is 0.00545. The van der Waals surface area contributed by atoms with Crippen molar-refractivity contribution in [2.75, 3.05) is 23.4 Å². The molecule has 2 aromatic carbocycles. The predicted molar refractivity (Wildman–Crippen MR) is 121 cm³/mol. The first-order valence-electron chi connectivity index (χ1n) is 10.2. The number of anilines is 2. The number of carbonyl (C=O) groups excluding carboxylic acids is 2. The molecule has 0 saturated carbocycles. The molecule has 6 heteroatoms. The minimum Gasteiger partial charge on any atom is -0.494 e. The Morgan fingerprint density at radius 1 is 1.13 bits per heavy atom. The average molecular weight is 421 g/mol. The van der Waals surface area contributed by atoms with Gasteiger partial charge in [-0.25, -0.2) is 0 Å². The maximum atomic E-state index is 12.8. The molecule has 1 aliphatic rings. The van der Waals surface area contributed by atoms with Gasteiger partial charge in [-0.15, -0.1) is 11.3 Å². The lowest BCUT2D eigenvalue weighted by molar-refractivity contribution is 0.0991. The standard InChI is InChI=1S/C24H24N2O3S/c1-2-3-14-29-20-10-7-18(8-11-20)23(27)25-19-9-6-17-12-13-26(21(17)16-19)24(28)22-5-4-15-30-22/h4-11,15-16H,2-3,12-14H2,1H3,(H,25,27). The first-order valence-corrected chi connectivity index (χ1v) is 11.1. The topological polar surface area (TPSA) is 58.6 Å². The number of nitrogens with zero attached hydrogens (tertiary/aromatic N) is 1. The fourth-order valence-electron chi connectivity index (χ4n) is 3.44. The lowest BCUT2D eigenvalue weighted by Crippen LogP contribution is -2.28. The van der Waals surface area contributed by atoms with E-state index < -0.39 is 0 Å². The SMILES string of the molecule is CCCCOc1ccc(C(=O)Nc2ccc3c(c2)N(C(=O)c2cccs2)CC3)cc1. The van der Waals surface area contributed by atoms with Crippen molar-refractivity contribution >= 4 is 34.5 Å². The van der Waals surface area contributed by atoms with Crippen molar-refractivity contribution in [2.45, 2.75) is 26.2 Å². The molecule has 1 N–H and O–H groups in total. The van der Waals surface area contributed by atoms with Gasteiger partial charge in [0.2, 0.25) is 0 Å². The Morgan fingerprint density at radius 3 is 2.70 bits per heavy atom. The molecular formula is C24H24N2O3S. The molecule has 0 bridgehead atoms. The number of hydrogen-bond donors (Lipinski definition) is 1. The summed E-state index contributed by atoms with van der Waals surface area (Å²) in [5.74, 6) is 0.579. The Labute approximate surface area is 180 Å². The first-order chi connectivity index (χ1) is 14.7. The van der Waals surface area contributed by atoms with Crippen molar-refractivity contribution in [1.29, 1.82) is 0 Å². The van der Waals surface area contributed by atoms with E-state index in [1.54, 1.807) is 17.0 Å². The highest BCUT2D eigenvalue weighted by Gasteiger charge is 2.26. The van der Waals surface area contributed by atoms with Crippen LogP contribution in [-0.2, 0) is 6.42 Å². The van der Waals surface area contributed by atoms with Crippen LogP contribution in [0, 0.1) is 0 Å². The summed E-state index contributed by atoms with van der Waals surface area (Å²) >= 11 is 1.44. The average Bonchev–Trinajstić information content (AvgIpc) is 3.44. The second-order valence-electron chi connectivity index (χ2n) is 7.21. The summed E-state index contributed by atoms with van der Waals surface area (Å²) in [7, 11) is 0. The zero-order valence-corrected chi connectivity index (χ0v) is 17.7. The number of carbonyl (C=O) groups is 2. The fraction of sp³-hybridized carbons (Fsp3) is 0.250. The van der Waals surface area contributed by atoms with Crippen LogP contribution in [-0.4, -0.2) is 25.0 Å². The smallest absolute Gasteiger partial charge is 0.268 e. The third kappa shape index (κ3) is 4.39. The van der Waals surface area contributed by atoms with Crippen LogP contribution >= 0.6 is 11.3 Å². The number of thiophene rings is 1. The number of hydrogen-bond acceptors (Lipinski definition) is 4. The van der Waals surface area contributed by atoms with E-state index in [2.05, 4.69) is 12.2 Å². The molecular weight excluding hydrogens is 396 g/mol. The summed E-state index contributed by atoms with van der Waals surface area (Å²) in [5.41, 5.74) is 3.22. The summed E-state index contributed by atoms with van der Waals surface area (Å²) < 4.78 is 5.65. The van der Waals surface area contributed by atoms with Gasteiger partial charge in [0.25, 0.3) is 11.8 Å². The number of benzene rings is 2. The number of ether oxygens (including phenoxy) is 1. The highest BCUT2D eigenvalue weighted by Crippen LogP contribution is 2.32. The van der Waals surface area contributed by atoms with Gasteiger partial charge in [0, 0.05) is 23.5 Å². The highest BCUT2D eigenvalue weighted by atomic mass is 32.1. The second kappa shape index (κ2) is 9.13. The first kappa shape index (κ1) is 20.2. The zero-order valence-electron chi connectivity index (χ0n) is 16.9. The molecule has 0 aliphatic carbocycles. The minimum atomic E-state index is -0.191. The molecule has 0 atom stereocenters. The van der Waals surface area contributed by atoms with E-state index in [0.29, 0.717) is 24.4 Å². The summed E-state index contributed by atoms with van der Waals surface area (Å²) in [5, 5.41) is 4.84. The predicted octanol–water partition coefficient (Wildman–Crippen LogP) is 5.38. The van der Waals surface area contributed by atoms with Crippen LogP contribution in [0.3, 0.4) is 0 Å². The molecule has 3 aromatic rings. The van der Waals surface area contributed by atoms with Gasteiger partial charge in [-0.05, 0) is 66.2 Å². The lowest BCUT2D eigenvalue weighted by Gasteiger charge is -2.17. The summed E-state index contributed by atoms with van der Waals surface area (Å²) in [4.78, 5) is 28.0. The molecule has 154 valence electrons. The molecule has 0 fully saturated rings. The van der Waals surface area contributed by atoms with E-state index >= 15 is 0 Å². The third-order valence-corrected chi connectivity index (χ3v) is 5.96. The fourth-order valence-corrected chi connectivity index (χ4v) is 4.11. The molecule has 2 heterocycles. The summed E-state index contributed by atoms with van der Waals surface area (Å²) in [6.07, 6.45) is 2.91. The number of amides is 2. The number of fused-ring (bicyclic) bond motifs is 1. The molecule has 4 rings (SSSR count). The van der Waals surface area contributed by atoms with Crippen LogP contribution in [0.1, 0.15) is 45.4 Å². The molecule has 1 aliphatic heterocycles. The molecule has 0 spiro atoms. The van der Waals surface area contributed by atoms with Crippen molar-refractivity contribution in [1.82, 2.24) is 0 Å². The summed E-state index contributed by atoms with van der Waals surface area (Å²) in [6, 6.07) is 16.6. The largest absolute Gasteiger partial charge is 0.494 e. The maximum absolute atomic E-state index is 12.8. The van der Waals surface area contributed by atoms with Gasteiger partial charge in [0.1, 0.15) is 5.75 Å². The third-order valence-electron chi connectivity index (χ3n) is 5.10. The molecule has 0 radical (unpaired) electrons. The van der Waals surface area contributed by atoms with E-state index in [1.165, 1.54) is 11.3 Å². The van der Waals surface area contributed by atoms with Crippen molar-refractivity contribution in [3.63, 3.8) is 0 Å². The van der Waals surface area contributed by atoms with Crippen molar-refractivity contribution < 1.29 is 14.3 Å². The van der Waals surface area contributed by atoms with Crippen LogP contribution in [0.15, 0.2) is 60.0 Å². The van der Waals surface area contributed by atoms with Crippen LogP contribution < -0.4 is 15.0 Å². The van der Waals surface area contributed by atoms with Crippen molar-refractivity contribution in [2.24, 2.45) is 0 Å². The maximum Gasteiger partial charge on any atom is 0.268 e. The van der Waals surface area contributed by atoms with Crippen molar-refractivity contribution in [3.05, 3.63) is 76.0 Å². The Balaban J connectivity index is 1.45. The van der Waals surface area contributed by atoms with Crippen LogP contribution in [0.2, 0.25) is 0 Å². The Bertz CT molecular complexity index is 1030. The number of rotatable bonds is 7. The Kier molecular flexibility index (Phi) is 6.14. The molecule has 5 nitrogen and oxygen atoms in total. The molecule has 30 heavy (non-hydrogen) atoms. The van der Waals surface area contributed by atoms with E-state index in [9.17, 15) is 9.59 Å². The molecule has 2 amide bonds. The van der Waals surface area contributed by atoms with Crippen molar-refractivity contribution in [3.8, 4) is 5.75 Å². The number of unbranched alkanes of at least 4 members (excludes halogenated alkanes) is 1. The Morgan fingerprint density at radius 2 is 1.97 bits per heavy atom. The van der Waals surface area contributed by atoms with Crippen LogP contribution in [0.5, 0.6) is 5.75 Å². The van der Waals surface area contributed by atoms with Crippen LogP contribution in [0.4, 0.5) is 11.4 Å². The van der Waals surface area contributed by atoms with Gasteiger partial charge in [-0.2, -0.15) is 0 Å². The van der Waals surface area contributed by atoms with E-state index in [1.807, 2.05) is 47.8 Å². The Hall–Kier alpha value is -3.12. The van der Waals surface area contributed by atoms with E-state index in [0.717, 1.165) is 41.1 Å². The van der Waals surface area contributed by atoms with E-state index in [4.69, 9.17) is 4.74 Å². The summed E-state index contributed by atoms with van der Waals surface area (Å²) in [6.45, 7) is 3.45.